The molecule has 0 radical (unpaired) electrons. The van der Waals surface area contributed by atoms with Crippen molar-refractivity contribution in [3.8, 4) is 0 Å². The van der Waals surface area contributed by atoms with Crippen LogP contribution in [0.1, 0.15) is 32.8 Å². The second-order valence-corrected chi connectivity index (χ2v) is 4.93. The Bertz CT molecular complexity index is 432. The van der Waals surface area contributed by atoms with Crippen LogP contribution in [-0.4, -0.2) is 35.3 Å². The Morgan fingerprint density at radius 3 is 2.45 bits per heavy atom. The molecule has 0 aliphatic rings. The quantitative estimate of drug-likeness (QED) is 0.872. The third-order valence-electron chi connectivity index (χ3n) is 2.84. The van der Waals surface area contributed by atoms with Crippen LogP contribution in [0.2, 0.25) is 0 Å². The third-order valence-corrected chi connectivity index (χ3v) is 2.84. The summed E-state index contributed by atoms with van der Waals surface area (Å²) in [6, 6.07) is -0.302. The summed E-state index contributed by atoms with van der Waals surface area (Å²) in [6.45, 7) is 6.88. The normalized spacial score (nSPS) is 11.8. The van der Waals surface area contributed by atoms with Crippen LogP contribution in [0.3, 0.4) is 0 Å². The molecule has 0 bridgehead atoms. The molecule has 4 nitrogen and oxygen atoms in total. The summed E-state index contributed by atoms with van der Waals surface area (Å²) in [7, 11) is 0. The van der Waals surface area contributed by atoms with E-state index in [2.05, 4.69) is 15.3 Å². The fraction of sp³-hybridized carbons (Fsp3) is 0.692. The van der Waals surface area contributed by atoms with Gasteiger partial charge < -0.3 is 10.2 Å². The molecule has 0 atom stereocenters. The van der Waals surface area contributed by atoms with E-state index in [1.165, 1.54) is 11.2 Å². The van der Waals surface area contributed by atoms with Crippen LogP contribution in [0, 0.1) is 6.92 Å². The highest BCUT2D eigenvalue weighted by atomic mass is 19.4. The molecule has 0 aliphatic heterocycles. The van der Waals surface area contributed by atoms with Gasteiger partial charge in [0.05, 0.1) is 0 Å². The molecule has 0 unspecified atom stereocenters. The van der Waals surface area contributed by atoms with Crippen molar-refractivity contribution in [2.24, 2.45) is 0 Å². The molecule has 7 heteroatoms. The first-order chi connectivity index (χ1) is 9.26. The lowest BCUT2D eigenvalue weighted by Gasteiger charge is -2.30. The second kappa shape index (κ2) is 6.76. The van der Waals surface area contributed by atoms with Crippen molar-refractivity contribution in [2.45, 2.75) is 46.3 Å². The summed E-state index contributed by atoms with van der Waals surface area (Å²) in [4.78, 5) is 9.36. The van der Waals surface area contributed by atoms with Gasteiger partial charge in [-0.05, 0) is 27.2 Å². The average Bonchev–Trinajstić information content (AvgIpc) is 2.34. The molecule has 0 fully saturated rings. The molecule has 20 heavy (non-hydrogen) atoms. The van der Waals surface area contributed by atoms with Gasteiger partial charge in [-0.25, -0.2) is 9.97 Å². The van der Waals surface area contributed by atoms with Gasteiger partial charge in [0.25, 0.3) is 0 Å². The zero-order valence-corrected chi connectivity index (χ0v) is 12.3. The monoisotopic (exact) mass is 290 g/mol. The molecule has 1 aromatic heterocycles. The maximum absolute atomic E-state index is 12.7. The van der Waals surface area contributed by atoms with E-state index in [1.54, 1.807) is 20.8 Å². The SMILES string of the molecule is CCCNc1ncnc(N(CC(F)(F)F)C(C)C)c1C. The number of anilines is 2. The van der Waals surface area contributed by atoms with E-state index in [0.717, 1.165) is 13.0 Å². The molecule has 1 rings (SSSR count). The molecule has 0 amide bonds. The molecular formula is C13H21F3N4. The minimum absolute atomic E-state index is 0.302. The number of hydrogen-bond donors (Lipinski definition) is 1. The summed E-state index contributed by atoms with van der Waals surface area (Å²) >= 11 is 0. The standard InChI is InChI=1S/C13H21F3N4/c1-5-6-17-11-10(4)12(19-8-18-11)20(9(2)3)7-13(14,15)16/h8-9H,5-7H2,1-4H3,(H,17,18,19). The highest BCUT2D eigenvalue weighted by Crippen LogP contribution is 2.27. The average molecular weight is 290 g/mol. The minimum atomic E-state index is -4.27. The Morgan fingerprint density at radius 1 is 1.30 bits per heavy atom. The van der Waals surface area contributed by atoms with Gasteiger partial charge in [0.2, 0.25) is 0 Å². The molecule has 114 valence electrons. The zero-order chi connectivity index (χ0) is 15.3. The lowest BCUT2D eigenvalue weighted by atomic mass is 10.2. The first-order valence-electron chi connectivity index (χ1n) is 6.65. The lowest BCUT2D eigenvalue weighted by Crippen LogP contribution is -2.40. The molecular weight excluding hydrogens is 269 g/mol. The van der Waals surface area contributed by atoms with Gasteiger partial charge in [0.1, 0.15) is 24.5 Å². The Labute approximate surface area is 117 Å². The highest BCUT2D eigenvalue weighted by molar-refractivity contribution is 5.58. The predicted octanol–water partition coefficient (Wildman–Crippen LogP) is 3.38. The highest BCUT2D eigenvalue weighted by Gasteiger charge is 2.33. The van der Waals surface area contributed by atoms with Gasteiger partial charge in [-0.2, -0.15) is 13.2 Å². The van der Waals surface area contributed by atoms with Crippen LogP contribution in [0.15, 0.2) is 6.33 Å². The predicted molar refractivity (Wildman–Crippen MR) is 74.1 cm³/mol. The Balaban J connectivity index is 3.07. The van der Waals surface area contributed by atoms with Crippen molar-refractivity contribution < 1.29 is 13.2 Å². The van der Waals surface area contributed by atoms with Crippen molar-refractivity contribution in [3.63, 3.8) is 0 Å². The molecule has 1 heterocycles. The summed E-state index contributed by atoms with van der Waals surface area (Å²) in [6.07, 6.45) is -2.06. The Hall–Kier alpha value is -1.53. The van der Waals surface area contributed by atoms with Crippen molar-refractivity contribution in [1.82, 2.24) is 9.97 Å². The summed E-state index contributed by atoms with van der Waals surface area (Å²) < 4.78 is 38.1. The van der Waals surface area contributed by atoms with E-state index in [1.807, 2.05) is 6.92 Å². The van der Waals surface area contributed by atoms with E-state index < -0.39 is 12.7 Å². The van der Waals surface area contributed by atoms with Crippen LogP contribution in [0.5, 0.6) is 0 Å². The maximum Gasteiger partial charge on any atom is 0.405 e. The Morgan fingerprint density at radius 2 is 1.95 bits per heavy atom. The number of alkyl halides is 3. The molecule has 0 aromatic carbocycles. The Kier molecular flexibility index (Phi) is 5.59. The number of rotatable bonds is 6. The molecule has 0 aliphatic carbocycles. The number of nitrogens with one attached hydrogen (secondary N) is 1. The van der Waals surface area contributed by atoms with E-state index in [0.29, 0.717) is 17.2 Å². The van der Waals surface area contributed by atoms with Crippen LogP contribution < -0.4 is 10.2 Å². The van der Waals surface area contributed by atoms with Gasteiger partial charge >= 0.3 is 6.18 Å². The van der Waals surface area contributed by atoms with Crippen molar-refractivity contribution in [3.05, 3.63) is 11.9 Å². The second-order valence-electron chi connectivity index (χ2n) is 4.93. The van der Waals surface area contributed by atoms with Crippen molar-refractivity contribution >= 4 is 11.6 Å². The molecule has 0 spiro atoms. The van der Waals surface area contributed by atoms with E-state index in [9.17, 15) is 13.2 Å². The van der Waals surface area contributed by atoms with E-state index in [-0.39, 0.29) is 6.04 Å². The van der Waals surface area contributed by atoms with Gasteiger partial charge in [-0.3, -0.25) is 0 Å². The molecule has 0 saturated heterocycles. The summed E-state index contributed by atoms with van der Waals surface area (Å²) in [5.41, 5.74) is 0.638. The fourth-order valence-corrected chi connectivity index (χ4v) is 1.85. The topological polar surface area (TPSA) is 41.1 Å². The van der Waals surface area contributed by atoms with Crippen LogP contribution >= 0.6 is 0 Å². The first-order valence-corrected chi connectivity index (χ1v) is 6.65. The molecule has 1 aromatic rings. The van der Waals surface area contributed by atoms with Gasteiger partial charge in [0.15, 0.2) is 0 Å². The minimum Gasteiger partial charge on any atom is -0.370 e. The summed E-state index contributed by atoms with van der Waals surface area (Å²) in [5.74, 6) is 0.913. The number of nitrogens with zero attached hydrogens (tertiary/aromatic N) is 3. The molecule has 0 saturated carbocycles. The fourth-order valence-electron chi connectivity index (χ4n) is 1.85. The van der Waals surface area contributed by atoms with Gasteiger partial charge in [0, 0.05) is 18.2 Å². The number of halogens is 3. The van der Waals surface area contributed by atoms with Gasteiger partial charge in [-0.1, -0.05) is 6.92 Å². The zero-order valence-electron chi connectivity index (χ0n) is 12.3. The van der Waals surface area contributed by atoms with Crippen molar-refractivity contribution in [1.29, 1.82) is 0 Å². The molecule has 1 N–H and O–H groups in total. The number of hydrogen-bond acceptors (Lipinski definition) is 4. The van der Waals surface area contributed by atoms with Gasteiger partial charge in [-0.15, -0.1) is 0 Å². The van der Waals surface area contributed by atoms with Crippen LogP contribution in [0.25, 0.3) is 0 Å². The third kappa shape index (κ3) is 4.54. The lowest BCUT2D eigenvalue weighted by molar-refractivity contribution is -0.120. The van der Waals surface area contributed by atoms with Crippen molar-refractivity contribution in [2.75, 3.05) is 23.3 Å². The largest absolute Gasteiger partial charge is 0.405 e. The first kappa shape index (κ1) is 16.5. The van der Waals surface area contributed by atoms with E-state index >= 15 is 0 Å². The summed E-state index contributed by atoms with van der Waals surface area (Å²) in [5, 5.41) is 3.10. The van der Waals surface area contributed by atoms with Crippen LogP contribution in [0.4, 0.5) is 24.8 Å². The van der Waals surface area contributed by atoms with E-state index in [4.69, 9.17) is 0 Å². The van der Waals surface area contributed by atoms with Crippen LogP contribution in [-0.2, 0) is 0 Å². The number of aromatic nitrogens is 2. The smallest absolute Gasteiger partial charge is 0.370 e. The maximum atomic E-state index is 12.7.